The van der Waals surface area contributed by atoms with E-state index in [-0.39, 0.29) is 0 Å². The topological polar surface area (TPSA) is 13.1 Å². The SMILES string of the molecule is c1ccc2c(c1)ccc1c(-c3c4ccccc4c(-c4cccc5oc6c7ccccc7ccc6c45)c4ccccc34)cccc12. The maximum Gasteiger partial charge on any atom is 0.143 e. The van der Waals surface area contributed by atoms with Gasteiger partial charge in [-0.3, -0.25) is 0 Å². The van der Waals surface area contributed by atoms with Crippen molar-refractivity contribution >= 4 is 75.8 Å². The van der Waals surface area contributed by atoms with Crippen molar-refractivity contribution in [2.75, 3.05) is 0 Å². The number of furan rings is 1. The molecule has 45 heavy (non-hydrogen) atoms. The first kappa shape index (κ1) is 24.5. The molecule has 0 N–H and O–H groups in total. The van der Waals surface area contributed by atoms with Crippen LogP contribution in [0.15, 0.2) is 162 Å². The number of benzene rings is 9. The molecule has 0 amide bonds. The van der Waals surface area contributed by atoms with Crippen LogP contribution in [0.1, 0.15) is 0 Å². The van der Waals surface area contributed by atoms with Gasteiger partial charge in [0.2, 0.25) is 0 Å². The summed E-state index contributed by atoms with van der Waals surface area (Å²) in [6.45, 7) is 0. The minimum atomic E-state index is 0.914. The van der Waals surface area contributed by atoms with E-state index in [1.165, 1.54) is 70.7 Å². The molecule has 9 aromatic carbocycles. The van der Waals surface area contributed by atoms with Gasteiger partial charge in [-0.05, 0) is 82.9 Å². The molecule has 10 rings (SSSR count). The molecule has 1 heteroatoms. The fourth-order valence-corrected chi connectivity index (χ4v) is 7.73. The third-order valence-electron chi connectivity index (χ3n) is 9.64. The first-order valence-electron chi connectivity index (χ1n) is 15.5. The molecular formula is C44H26O. The standard InChI is InChI=1S/C44H26O/c1-3-13-29-27(11-1)23-25-32-31(29)19-9-20-33(32)41-34-15-5-7-17-36(34)42(37-18-8-6-16-35(37)41)38-21-10-22-40-43(38)39-26-24-28-12-2-4-14-30(28)44(39)45-40/h1-26H. The van der Waals surface area contributed by atoms with Crippen LogP contribution in [-0.2, 0) is 0 Å². The highest BCUT2D eigenvalue weighted by molar-refractivity contribution is 6.28. The molecule has 0 atom stereocenters. The summed E-state index contributed by atoms with van der Waals surface area (Å²) in [5, 5.41) is 14.7. The van der Waals surface area contributed by atoms with E-state index in [9.17, 15) is 0 Å². The molecule has 0 unspecified atom stereocenters. The third-order valence-corrected chi connectivity index (χ3v) is 9.64. The monoisotopic (exact) mass is 570 g/mol. The van der Waals surface area contributed by atoms with Crippen molar-refractivity contribution < 1.29 is 4.42 Å². The summed E-state index contributed by atoms with van der Waals surface area (Å²) in [6, 6.07) is 57.3. The van der Waals surface area contributed by atoms with Gasteiger partial charge in [-0.2, -0.15) is 0 Å². The summed E-state index contributed by atoms with van der Waals surface area (Å²) >= 11 is 0. The number of hydrogen-bond donors (Lipinski definition) is 0. The molecular weight excluding hydrogens is 544 g/mol. The quantitative estimate of drug-likeness (QED) is 0.149. The predicted molar refractivity (Wildman–Crippen MR) is 192 cm³/mol. The average molecular weight is 571 g/mol. The second kappa shape index (κ2) is 9.29. The van der Waals surface area contributed by atoms with Crippen LogP contribution in [-0.4, -0.2) is 0 Å². The molecule has 0 fully saturated rings. The minimum absolute atomic E-state index is 0.914. The highest BCUT2D eigenvalue weighted by Gasteiger charge is 2.21. The highest BCUT2D eigenvalue weighted by atomic mass is 16.3. The van der Waals surface area contributed by atoms with E-state index in [0.717, 1.165) is 27.3 Å². The third kappa shape index (κ3) is 3.44. The lowest BCUT2D eigenvalue weighted by Gasteiger charge is -2.19. The zero-order valence-electron chi connectivity index (χ0n) is 24.4. The Morgan fingerprint density at radius 3 is 1.47 bits per heavy atom. The smallest absolute Gasteiger partial charge is 0.143 e. The maximum absolute atomic E-state index is 6.63. The van der Waals surface area contributed by atoms with Crippen LogP contribution in [0.2, 0.25) is 0 Å². The van der Waals surface area contributed by atoms with Crippen molar-refractivity contribution in [2.45, 2.75) is 0 Å². The van der Waals surface area contributed by atoms with E-state index in [4.69, 9.17) is 4.42 Å². The molecule has 1 heterocycles. The van der Waals surface area contributed by atoms with Crippen LogP contribution < -0.4 is 0 Å². The molecule has 10 aromatic rings. The predicted octanol–water partition coefficient (Wildman–Crippen LogP) is 12.7. The van der Waals surface area contributed by atoms with Crippen LogP contribution in [0, 0.1) is 0 Å². The Labute approximate surface area is 259 Å². The van der Waals surface area contributed by atoms with Crippen molar-refractivity contribution in [3.8, 4) is 22.3 Å². The molecule has 0 aliphatic rings. The van der Waals surface area contributed by atoms with Crippen LogP contribution in [0.5, 0.6) is 0 Å². The van der Waals surface area contributed by atoms with Gasteiger partial charge in [-0.15, -0.1) is 0 Å². The van der Waals surface area contributed by atoms with Gasteiger partial charge >= 0.3 is 0 Å². The number of fused-ring (bicyclic) bond motifs is 10. The summed E-state index contributed by atoms with van der Waals surface area (Å²) in [5.74, 6) is 0. The summed E-state index contributed by atoms with van der Waals surface area (Å²) in [7, 11) is 0. The van der Waals surface area contributed by atoms with E-state index >= 15 is 0 Å². The minimum Gasteiger partial charge on any atom is -0.455 e. The van der Waals surface area contributed by atoms with E-state index < -0.39 is 0 Å². The molecule has 0 radical (unpaired) electrons. The molecule has 0 spiro atoms. The fourth-order valence-electron chi connectivity index (χ4n) is 7.73. The normalized spacial score (nSPS) is 12.0. The zero-order valence-corrected chi connectivity index (χ0v) is 24.4. The Balaban J connectivity index is 1.36. The van der Waals surface area contributed by atoms with E-state index in [1.807, 2.05) is 0 Å². The molecule has 1 nitrogen and oxygen atoms in total. The first-order chi connectivity index (χ1) is 22.3. The molecule has 0 saturated heterocycles. The van der Waals surface area contributed by atoms with Crippen molar-refractivity contribution in [2.24, 2.45) is 0 Å². The van der Waals surface area contributed by atoms with Crippen LogP contribution in [0.25, 0.3) is 98.1 Å². The van der Waals surface area contributed by atoms with E-state index in [0.29, 0.717) is 0 Å². The van der Waals surface area contributed by atoms with Crippen LogP contribution in [0.4, 0.5) is 0 Å². The van der Waals surface area contributed by atoms with Gasteiger partial charge in [0.15, 0.2) is 0 Å². The van der Waals surface area contributed by atoms with E-state index in [1.54, 1.807) is 0 Å². The molecule has 0 aliphatic carbocycles. The molecule has 0 saturated carbocycles. The molecule has 1 aromatic heterocycles. The lowest BCUT2D eigenvalue weighted by molar-refractivity contribution is 0.673. The van der Waals surface area contributed by atoms with Gasteiger partial charge in [-0.25, -0.2) is 0 Å². The molecule has 208 valence electrons. The van der Waals surface area contributed by atoms with Crippen LogP contribution >= 0.6 is 0 Å². The van der Waals surface area contributed by atoms with Crippen LogP contribution in [0.3, 0.4) is 0 Å². The fraction of sp³-hybridized carbons (Fsp3) is 0. The second-order valence-electron chi connectivity index (χ2n) is 12.0. The second-order valence-corrected chi connectivity index (χ2v) is 12.0. The largest absolute Gasteiger partial charge is 0.455 e. The van der Waals surface area contributed by atoms with Crippen molar-refractivity contribution in [3.05, 3.63) is 158 Å². The van der Waals surface area contributed by atoms with Crippen molar-refractivity contribution in [1.82, 2.24) is 0 Å². The Hall–Kier alpha value is -5.92. The summed E-state index contributed by atoms with van der Waals surface area (Å²) in [5.41, 5.74) is 6.85. The Bertz CT molecular complexity index is 2760. The Kier molecular flexibility index (Phi) is 5.06. The van der Waals surface area contributed by atoms with Gasteiger partial charge in [0, 0.05) is 16.2 Å². The van der Waals surface area contributed by atoms with Gasteiger partial charge in [-0.1, -0.05) is 146 Å². The average Bonchev–Trinajstić information content (AvgIpc) is 3.50. The van der Waals surface area contributed by atoms with Crippen molar-refractivity contribution in [1.29, 1.82) is 0 Å². The highest BCUT2D eigenvalue weighted by Crippen LogP contribution is 2.48. The number of rotatable bonds is 2. The van der Waals surface area contributed by atoms with E-state index in [2.05, 4.69) is 158 Å². The lowest BCUT2D eigenvalue weighted by atomic mass is 9.83. The summed E-state index contributed by atoms with van der Waals surface area (Å²) in [6.07, 6.45) is 0. The Morgan fingerprint density at radius 1 is 0.289 bits per heavy atom. The maximum atomic E-state index is 6.63. The zero-order chi connectivity index (χ0) is 29.5. The van der Waals surface area contributed by atoms with Gasteiger partial charge in [0.25, 0.3) is 0 Å². The van der Waals surface area contributed by atoms with Crippen molar-refractivity contribution in [3.63, 3.8) is 0 Å². The Morgan fingerprint density at radius 2 is 0.778 bits per heavy atom. The summed E-state index contributed by atoms with van der Waals surface area (Å²) < 4.78 is 6.63. The molecule has 0 bridgehead atoms. The van der Waals surface area contributed by atoms with Gasteiger partial charge in [0.05, 0.1) is 0 Å². The molecule has 0 aliphatic heterocycles. The van der Waals surface area contributed by atoms with Gasteiger partial charge < -0.3 is 4.42 Å². The number of hydrogen-bond acceptors (Lipinski definition) is 1. The lowest BCUT2D eigenvalue weighted by Crippen LogP contribution is -1.92. The summed E-state index contributed by atoms with van der Waals surface area (Å²) in [4.78, 5) is 0. The first-order valence-corrected chi connectivity index (χ1v) is 15.5. The van der Waals surface area contributed by atoms with Gasteiger partial charge in [0.1, 0.15) is 11.2 Å².